The molecule has 0 aliphatic heterocycles. The number of hydrogen-bond acceptors (Lipinski definition) is 1. The summed E-state index contributed by atoms with van der Waals surface area (Å²) in [5.74, 6) is 1.11. The molecule has 1 heterocycles. The van der Waals surface area contributed by atoms with Gasteiger partial charge >= 0.3 is 0 Å². The molecule has 100 valence electrons. The van der Waals surface area contributed by atoms with Crippen molar-refractivity contribution in [2.75, 3.05) is 12.6 Å². The van der Waals surface area contributed by atoms with Gasteiger partial charge in [0.05, 0.1) is 10.7 Å². The van der Waals surface area contributed by atoms with E-state index in [4.69, 9.17) is 11.6 Å². The van der Waals surface area contributed by atoms with Crippen LogP contribution in [0.25, 0.3) is 17.7 Å². The minimum Gasteiger partial charge on any atom is -0.338 e. The lowest BCUT2D eigenvalue weighted by molar-refractivity contribution is 0.578. The fourth-order valence-corrected chi connectivity index (χ4v) is 2.06. The second kappa shape index (κ2) is 7.10. The molecule has 0 amide bonds. The van der Waals surface area contributed by atoms with E-state index in [1.807, 2.05) is 18.2 Å². The summed E-state index contributed by atoms with van der Waals surface area (Å²) in [6.45, 7) is -0.525. The summed E-state index contributed by atoms with van der Waals surface area (Å²) in [5, 5.41) is 1.39. The summed E-state index contributed by atoms with van der Waals surface area (Å²) in [4.78, 5) is 7.62. The molecule has 1 aromatic heterocycles. The number of alkyl halides is 2. The molecule has 2 nitrogen and oxygen atoms in total. The van der Waals surface area contributed by atoms with Gasteiger partial charge in [-0.2, -0.15) is 0 Å². The van der Waals surface area contributed by atoms with Crippen LogP contribution in [0.2, 0.25) is 0 Å². The van der Waals surface area contributed by atoms with E-state index < -0.39 is 6.67 Å². The van der Waals surface area contributed by atoms with Crippen LogP contribution in [-0.2, 0) is 0 Å². The number of rotatable bonds is 3. The highest BCUT2D eigenvalue weighted by Crippen LogP contribution is 2.13. The third kappa shape index (κ3) is 3.67. The zero-order valence-corrected chi connectivity index (χ0v) is 11.3. The van der Waals surface area contributed by atoms with E-state index in [2.05, 4.69) is 22.1 Å². The third-order valence-electron chi connectivity index (χ3n) is 2.81. The van der Waals surface area contributed by atoms with Crippen molar-refractivity contribution in [2.24, 2.45) is 0 Å². The highest BCUT2D eigenvalue weighted by molar-refractivity contribution is 6.20. The Labute approximate surface area is 116 Å². The Morgan fingerprint density at radius 2 is 2.21 bits per heavy atom. The Hall–Kier alpha value is -1.61. The van der Waals surface area contributed by atoms with Crippen molar-refractivity contribution in [3.8, 4) is 0 Å². The number of nitrogens with zero attached hydrogens (tertiary/aromatic N) is 1. The Kier molecular flexibility index (Phi) is 5.16. The van der Waals surface area contributed by atoms with Crippen molar-refractivity contribution in [3.63, 3.8) is 0 Å². The van der Waals surface area contributed by atoms with Crippen LogP contribution in [0.3, 0.4) is 0 Å². The van der Waals surface area contributed by atoms with Gasteiger partial charge in [-0.3, -0.25) is 0 Å². The summed E-state index contributed by atoms with van der Waals surface area (Å²) < 4.78 is 12.5. The molecule has 0 fully saturated rings. The van der Waals surface area contributed by atoms with Crippen LogP contribution in [0, 0.1) is 0 Å². The molecule has 0 bridgehead atoms. The smallest absolute Gasteiger partial charge is 0.138 e. The maximum absolute atomic E-state index is 12.5. The van der Waals surface area contributed by atoms with Crippen LogP contribution >= 0.6 is 11.6 Å². The largest absolute Gasteiger partial charge is 0.338 e. The number of halogens is 2. The lowest BCUT2D eigenvalue weighted by atomic mass is 10.1. The molecular formula is C15H16ClFN2. The molecule has 0 spiro atoms. The zero-order valence-electron chi connectivity index (χ0n) is 10.6. The van der Waals surface area contributed by atoms with Crippen LogP contribution in [-0.4, -0.2) is 22.5 Å². The van der Waals surface area contributed by atoms with Crippen LogP contribution < -0.4 is 10.7 Å². The summed E-state index contributed by atoms with van der Waals surface area (Å²) in [6.07, 6.45) is 15.5. The zero-order chi connectivity index (χ0) is 13.5. The van der Waals surface area contributed by atoms with Crippen LogP contribution in [0.5, 0.6) is 0 Å². The van der Waals surface area contributed by atoms with Crippen LogP contribution in [0.1, 0.15) is 18.7 Å². The lowest BCUT2D eigenvalue weighted by Gasteiger charge is -1.99. The Balaban J connectivity index is 2.46. The molecule has 4 heteroatoms. The second-order valence-corrected chi connectivity index (χ2v) is 4.43. The lowest BCUT2D eigenvalue weighted by Crippen LogP contribution is -2.24. The minimum atomic E-state index is -0.525. The molecule has 2 rings (SSSR count). The molecule has 0 saturated carbocycles. The maximum atomic E-state index is 12.5. The first kappa shape index (κ1) is 13.8. The molecule has 0 saturated heterocycles. The van der Waals surface area contributed by atoms with Gasteiger partial charge in [0.25, 0.3) is 0 Å². The fraction of sp³-hybridized carbons (Fsp3) is 0.267. The average molecular weight is 279 g/mol. The van der Waals surface area contributed by atoms with E-state index in [1.54, 1.807) is 6.08 Å². The highest BCUT2D eigenvalue weighted by atomic mass is 35.5. The molecule has 1 N–H and O–H groups in total. The summed E-state index contributed by atoms with van der Waals surface area (Å²) in [6, 6.07) is 0. The monoisotopic (exact) mass is 278 g/mol. The third-order valence-corrected chi connectivity index (χ3v) is 2.96. The average Bonchev–Trinajstić information content (AvgIpc) is 2.73. The molecule has 0 atom stereocenters. The van der Waals surface area contributed by atoms with Crippen molar-refractivity contribution >= 4 is 29.3 Å². The van der Waals surface area contributed by atoms with E-state index in [0.717, 1.165) is 24.2 Å². The van der Waals surface area contributed by atoms with E-state index in [1.165, 1.54) is 6.08 Å². The molecule has 0 aromatic carbocycles. The topological polar surface area (TPSA) is 28.7 Å². The predicted molar refractivity (Wildman–Crippen MR) is 79.0 cm³/mol. The summed E-state index contributed by atoms with van der Waals surface area (Å²) >= 11 is 5.70. The van der Waals surface area contributed by atoms with Gasteiger partial charge in [0, 0.05) is 11.5 Å². The SMILES string of the molecule is FC/C=c1/[nH]c(C2=C/CC\C=C/C=C\2)n/c1=C/CCl. The Morgan fingerprint density at radius 1 is 1.32 bits per heavy atom. The number of hydrogen-bond donors (Lipinski definition) is 1. The molecule has 19 heavy (non-hydrogen) atoms. The first-order valence-corrected chi connectivity index (χ1v) is 6.80. The molecule has 0 radical (unpaired) electrons. The van der Waals surface area contributed by atoms with E-state index >= 15 is 0 Å². The van der Waals surface area contributed by atoms with Gasteiger partial charge < -0.3 is 4.98 Å². The van der Waals surface area contributed by atoms with Gasteiger partial charge in [-0.15, -0.1) is 11.6 Å². The predicted octanol–water partition coefficient (Wildman–Crippen LogP) is 2.47. The molecule has 1 aliphatic carbocycles. The second-order valence-electron chi connectivity index (χ2n) is 4.13. The van der Waals surface area contributed by atoms with Gasteiger partial charge in [0.15, 0.2) is 0 Å². The number of imidazole rings is 1. The van der Waals surface area contributed by atoms with Gasteiger partial charge in [0.2, 0.25) is 0 Å². The highest BCUT2D eigenvalue weighted by Gasteiger charge is 2.03. The standard InChI is InChI=1S/C15H16ClFN2/c16-10-8-13-14(9-11-17)19-15(18-13)12-6-4-2-1-3-5-7-12/h1-2,4,6-9H,3,5,10-11H2,(H,18,19)/b2-1-,6-4-,12-7+,13-8+,14-9+. The van der Waals surface area contributed by atoms with Crippen molar-refractivity contribution in [2.45, 2.75) is 12.8 Å². The summed E-state index contributed by atoms with van der Waals surface area (Å²) in [7, 11) is 0. The minimum absolute atomic E-state index is 0.356. The van der Waals surface area contributed by atoms with E-state index in [9.17, 15) is 4.39 Å². The van der Waals surface area contributed by atoms with E-state index in [0.29, 0.717) is 16.6 Å². The molecule has 0 unspecified atom stereocenters. The van der Waals surface area contributed by atoms with Crippen LogP contribution in [0.4, 0.5) is 4.39 Å². The molecular weight excluding hydrogens is 263 g/mol. The van der Waals surface area contributed by atoms with E-state index in [-0.39, 0.29) is 0 Å². The van der Waals surface area contributed by atoms with Crippen molar-refractivity contribution in [1.82, 2.24) is 9.97 Å². The van der Waals surface area contributed by atoms with Gasteiger partial charge in [-0.1, -0.05) is 30.4 Å². The number of aromatic nitrogens is 2. The Morgan fingerprint density at radius 3 is 3.00 bits per heavy atom. The van der Waals surface area contributed by atoms with Gasteiger partial charge in [-0.05, 0) is 25.0 Å². The number of H-pyrrole nitrogens is 1. The normalized spacial score (nSPS) is 23.6. The maximum Gasteiger partial charge on any atom is 0.138 e. The quantitative estimate of drug-likeness (QED) is 0.846. The molecule has 1 aromatic rings. The Bertz CT molecular complexity index is 590. The fourth-order valence-electron chi connectivity index (χ4n) is 1.91. The van der Waals surface area contributed by atoms with Crippen molar-refractivity contribution in [3.05, 3.63) is 46.9 Å². The van der Waals surface area contributed by atoms with Crippen LogP contribution in [0.15, 0.2) is 30.4 Å². The summed E-state index contributed by atoms with van der Waals surface area (Å²) in [5.41, 5.74) is 1.02. The van der Waals surface area contributed by atoms with Crippen molar-refractivity contribution < 1.29 is 4.39 Å². The van der Waals surface area contributed by atoms with Crippen molar-refractivity contribution in [1.29, 1.82) is 0 Å². The van der Waals surface area contributed by atoms with Gasteiger partial charge in [-0.25, -0.2) is 9.37 Å². The first-order chi connectivity index (χ1) is 9.35. The van der Waals surface area contributed by atoms with Gasteiger partial charge in [0.1, 0.15) is 12.5 Å². The number of allylic oxidation sites excluding steroid dienone is 6. The molecule has 1 aliphatic rings. The first-order valence-electron chi connectivity index (χ1n) is 6.27. The number of aromatic amines is 1. The number of nitrogens with one attached hydrogen (secondary N) is 1.